The smallest absolute Gasteiger partial charge is 0.150 e. The fourth-order valence-corrected chi connectivity index (χ4v) is 1.43. The van der Waals surface area contributed by atoms with Gasteiger partial charge < -0.3 is 9.47 Å². The van der Waals surface area contributed by atoms with Crippen molar-refractivity contribution in [2.24, 2.45) is 0 Å². The Bertz CT molecular complexity index is 512. The Kier molecular flexibility index (Phi) is 6.54. The van der Waals surface area contributed by atoms with E-state index in [0.29, 0.717) is 22.6 Å². The molecule has 0 fully saturated rings. The maximum absolute atomic E-state index is 10.2. The monoisotopic (exact) mass is 272 g/mol. The van der Waals surface area contributed by atoms with Crippen molar-refractivity contribution in [1.82, 2.24) is 0 Å². The summed E-state index contributed by atoms with van der Waals surface area (Å²) in [5, 5.41) is 0. The van der Waals surface area contributed by atoms with Crippen molar-refractivity contribution >= 4 is 12.6 Å². The number of methoxy groups -OCH3 is 2. The topological polar surface area (TPSA) is 52.6 Å². The molecular formula is C16H16O4. The maximum Gasteiger partial charge on any atom is 0.150 e. The zero-order chi connectivity index (χ0) is 14.8. The molecule has 0 spiro atoms. The number of benzene rings is 2. The molecule has 0 saturated carbocycles. The van der Waals surface area contributed by atoms with Crippen LogP contribution in [0.1, 0.15) is 20.7 Å². The molecule has 0 heterocycles. The standard InChI is InChI=1S/2C8H8O2/c2*1-10-8-4-2-3-7(5-8)6-9/h2*2-6H,1H3. The number of carbonyl (C=O) groups excluding carboxylic acids is 2. The molecule has 0 aromatic heterocycles. The molecule has 2 aromatic carbocycles. The molecule has 104 valence electrons. The average Bonchev–Trinajstić information content (AvgIpc) is 2.55. The SMILES string of the molecule is COc1cccc(C=O)c1.COc1cccc(C=O)c1. The molecule has 20 heavy (non-hydrogen) atoms. The lowest BCUT2D eigenvalue weighted by Gasteiger charge is -1.97. The van der Waals surface area contributed by atoms with Crippen molar-refractivity contribution in [2.45, 2.75) is 0 Å². The molecule has 0 saturated heterocycles. The first-order chi connectivity index (χ1) is 9.73. The van der Waals surface area contributed by atoms with E-state index in [0.717, 1.165) is 12.6 Å². The number of carbonyl (C=O) groups is 2. The highest BCUT2D eigenvalue weighted by molar-refractivity contribution is 5.75. The van der Waals surface area contributed by atoms with Crippen molar-refractivity contribution < 1.29 is 19.1 Å². The van der Waals surface area contributed by atoms with Gasteiger partial charge in [-0.2, -0.15) is 0 Å². The summed E-state index contributed by atoms with van der Waals surface area (Å²) in [5.74, 6) is 1.43. The van der Waals surface area contributed by atoms with Crippen LogP contribution in [-0.2, 0) is 0 Å². The fourth-order valence-electron chi connectivity index (χ4n) is 1.43. The van der Waals surface area contributed by atoms with E-state index in [9.17, 15) is 9.59 Å². The van der Waals surface area contributed by atoms with Crippen LogP contribution >= 0.6 is 0 Å². The minimum absolute atomic E-state index is 0.638. The second-order valence-corrected chi connectivity index (χ2v) is 3.79. The van der Waals surface area contributed by atoms with Gasteiger partial charge in [0.15, 0.2) is 0 Å². The van der Waals surface area contributed by atoms with Crippen LogP contribution in [0.25, 0.3) is 0 Å². The van der Waals surface area contributed by atoms with Crippen molar-refractivity contribution in [2.75, 3.05) is 14.2 Å². The second-order valence-electron chi connectivity index (χ2n) is 3.79. The van der Waals surface area contributed by atoms with Gasteiger partial charge >= 0.3 is 0 Å². The van der Waals surface area contributed by atoms with Crippen LogP contribution in [-0.4, -0.2) is 26.8 Å². The molecule has 4 nitrogen and oxygen atoms in total. The summed E-state index contributed by atoms with van der Waals surface area (Å²) in [6, 6.07) is 14.0. The number of hydrogen-bond donors (Lipinski definition) is 0. The van der Waals surface area contributed by atoms with Gasteiger partial charge in [0.25, 0.3) is 0 Å². The Morgan fingerprint density at radius 2 is 1.15 bits per heavy atom. The van der Waals surface area contributed by atoms with E-state index in [4.69, 9.17) is 9.47 Å². The summed E-state index contributed by atoms with van der Waals surface area (Å²) in [4.78, 5) is 20.4. The van der Waals surface area contributed by atoms with Gasteiger partial charge in [0.1, 0.15) is 24.1 Å². The minimum atomic E-state index is 0.638. The van der Waals surface area contributed by atoms with E-state index in [2.05, 4.69) is 0 Å². The normalized spacial score (nSPS) is 8.90. The third-order valence-corrected chi connectivity index (χ3v) is 2.46. The molecule has 2 aromatic rings. The predicted octanol–water partition coefficient (Wildman–Crippen LogP) is 3.02. The Hall–Kier alpha value is -2.62. The van der Waals surface area contributed by atoms with E-state index in [1.54, 1.807) is 62.8 Å². The summed E-state index contributed by atoms with van der Waals surface area (Å²) < 4.78 is 9.80. The fraction of sp³-hybridized carbons (Fsp3) is 0.125. The van der Waals surface area contributed by atoms with Crippen LogP contribution in [0.15, 0.2) is 48.5 Å². The van der Waals surface area contributed by atoms with E-state index in [1.807, 2.05) is 0 Å². The first kappa shape index (κ1) is 15.4. The molecular weight excluding hydrogens is 256 g/mol. The Balaban J connectivity index is 0.000000200. The zero-order valence-corrected chi connectivity index (χ0v) is 11.4. The number of aldehydes is 2. The van der Waals surface area contributed by atoms with Crippen molar-refractivity contribution in [3.8, 4) is 11.5 Å². The molecule has 0 atom stereocenters. The number of rotatable bonds is 4. The summed E-state index contributed by atoms with van der Waals surface area (Å²) in [5.41, 5.74) is 1.28. The molecule has 0 aliphatic heterocycles. The van der Waals surface area contributed by atoms with Gasteiger partial charge in [0.05, 0.1) is 14.2 Å². The quantitative estimate of drug-likeness (QED) is 0.803. The largest absolute Gasteiger partial charge is 0.497 e. The first-order valence-corrected chi connectivity index (χ1v) is 5.92. The van der Waals surface area contributed by atoms with Gasteiger partial charge in [0, 0.05) is 11.1 Å². The number of hydrogen-bond acceptors (Lipinski definition) is 4. The molecule has 4 heteroatoms. The molecule has 0 N–H and O–H groups in total. The highest BCUT2D eigenvalue weighted by atomic mass is 16.5. The summed E-state index contributed by atoms with van der Waals surface area (Å²) in [6.07, 6.45) is 1.59. The molecule has 0 amide bonds. The van der Waals surface area contributed by atoms with Crippen LogP contribution in [0.2, 0.25) is 0 Å². The van der Waals surface area contributed by atoms with Gasteiger partial charge in [-0.15, -0.1) is 0 Å². The van der Waals surface area contributed by atoms with Crippen molar-refractivity contribution in [3.63, 3.8) is 0 Å². The van der Waals surface area contributed by atoms with Crippen LogP contribution in [0, 0.1) is 0 Å². The predicted molar refractivity (Wildman–Crippen MR) is 76.8 cm³/mol. The lowest BCUT2D eigenvalue weighted by molar-refractivity contribution is 0.111. The number of ether oxygens (including phenoxy) is 2. The molecule has 0 bridgehead atoms. The van der Waals surface area contributed by atoms with Gasteiger partial charge in [-0.05, 0) is 24.3 Å². The Labute approximate surface area is 118 Å². The summed E-state index contributed by atoms with van der Waals surface area (Å²) in [7, 11) is 3.15. The van der Waals surface area contributed by atoms with Gasteiger partial charge in [-0.3, -0.25) is 9.59 Å². The molecule has 0 aliphatic carbocycles. The third-order valence-electron chi connectivity index (χ3n) is 2.46. The summed E-state index contributed by atoms with van der Waals surface area (Å²) in [6.45, 7) is 0. The first-order valence-electron chi connectivity index (χ1n) is 5.92. The van der Waals surface area contributed by atoms with Crippen molar-refractivity contribution in [3.05, 3.63) is 59.7 Å². The van der Waals surface area contributed by atoms with Gasteiger partial charge in [-0.1, -0.05) is 24.3 Å². The van der Waals surface area contributed by atoms with E-state index in [1.165, 1.54) is 0 Å². The highest BCUT2D eigenvalue weighted by Crippen LogP contribution is 2.10. The lowest BCUT2D eigenvalue weighted by atomic mass is 10.2. The maximum atomic E-state index is 10.2. The van der Waals surface area contributed by atoms with Crippen LogP contribution in [0.4, 0.5) is 0 Å². The summed E-state index contributed by atoms with van der Waals surface area (Å²) >= 11 is 0. The highest BCUT2D eigenvalue weighted by Gasteiger charge is 1.91. The zero-order valence-electron chi connectivity index (χ0n) is 11.4. The van der Waals surface area contributed by atoms with Gasteiger partial charge in [-0.25, -0.2) is 0 Å². The molecule has 0 unspecified atom stereocenters. The third kappa shape index (κ3) is 4.94. The molecule has 2 rings (SSSR count). The lowest BCUT2D eigenvalue weighted by Crippen LogP contribution is -1.84. The average molecular weight is 272 g/mol. The second kappa shape index (κ2) is 8.48. The minimum Gasteiger partial charge on any atom is -0.497 e. The van der Waals surface area contributed by atoms with E-state index < -0.39 is 0 Å². The Morgan fingerprint density at radius 1 is 0.750 bits per heavy atom. The van der Waals surface area contributed by atoms with Gasteiger partial charge in [0.2, 0.25) is 0 Å². The molecule has 0 aliphatic rings. The van der Waals surface area contributed by atoms with Crippen molar-refractivity contribution in [1.29, 1.82) is 0 Å². The van der Waals surface area contributed by atoms with Crippen LogP contribution in [0.5, 0.6) is 11.5 Å². The Morgan fingerprint density at radius 3 is 1.45 bits per heavy atom. The van der Waals surface area contributed by atoms with E-state index >= 15 is 0 Å². The van der Waals surface area contributed by atoms with Crippen LogP contribution < -0.4 is 9.47 Å². The van der Waals surface area contributed by atoms with E-state index in [-0.39, 0.29) is 0 Å². The molecule has 0 radical (unpaired) electrons. The van der Waals surface area contributed by atoms with Crippen LogP contribution in [0.3, 0.4) is 0 Å².